The number of aliphatic hydroxyl groups excluding tert-OH is 1. The molecule has 0 unspecified atom stereocenters. The number of esters is 1. The molecule has 2 atom stereocenters. The highest BCUT2D eigenvalue weighted by atomic mass is 16.5. The smallest absolute Gasteiger partial charge is 0.308 e. The van der Waals surface area contributed by atoms with Gasteiger partial charge in [-0.1, -0.05) is 84.0 Å². The molecule has 1 rings (SSSR count). The minimum absolute atomic E-state index is 0.0426. The van der Waals surface area contributed by atoms with Crippen molar-refractivity contribution >= 4 is 5.97 Å². The van der Waals surface area contributed by atoms with Gasteiger partial charge in [0.2, 0.25) is 0 Å². The van der Waals surface area contributed by atoms with Crippen LogP contribution in [0, 0.1) is 0 Å². The molecule has 3 heteroatoms. The summed E-state index contributed by atoms with van der Waals surface area (Å²) in [4.78, 5) is 11.2. The first-order valence-corrected chi connectivity index (χ1v) is 10.1. The number of ether oxygens (including phenoxy) is 1. The maximum absolute atomic E-state index is 11.2. The van der Waals surface area contributed by atoms with Crippen LogP contribution in [0.25, 0.3) is 0 Å². The van der Waals surface area contributed by atoms with E-state index in [4.69, 9.17) is 4.74 Å². The molecule has 1 aliphatic rings. The summed E-state index contributed by atoms with van der Waals surface area (Å²) in [6, 6.07) is 0. The zero-order valence-electron chi connectivity index (χ0n) is 15.2. The minimum Gasteiger partial charge on any atom is -0.462 e. The van der Waals surface area contributed by atoms with Gasteiger partial charge < -0.3 is 9.84 Å². The zero-order chi connectivity index (χ0) is 16.8. The van der Waals surface area contributed by atoms with Gasteiger partial charge in [0.1, 0.15) is 6.10 Å². The Morgan fingerprint density at radius 1 is 0.870 bits per heavy atom. The highest BCUT2D eigenvalue weighted by Crippen LogP contribution is 2.20. The third kappa shape index (κ3) is 11.6. The molecule has 0 spiro atoms. The second-order valence-corrected chi connectivity index (χ2v) is 7.24. The molecule has 1 N–H and O–H groups in total. The SMILES string of the molecule is CCCCCCCCCCCCCCC[C@H]1C[C@@H](O)CC(=O)O1. The number of aliphatic hydroxyl groups is 1. The van der Waals surface area contributed by atoms with Gasteiger partial charge in [-0.2, -0.15) is 0 Å². The second-order valence-electron chi connectivity index (χ2n) is 7.24. The zero-order valence-corrected chi connectivity index (χ0v) is 15.2. The molecule has 1 saturated heterocycles. The van der Waals surface area contributed by atoms with E-state index < -0.39 is 6.10 Å². The molecule has 3 nitrogen and oxygen atoms in total. The normalized spacial score (nSPS) is 21.4. The Morgan fingerprint density at radius 3 is 1.83 bits per heavy atom. The van der Waals surface area contributed by atoms with Crippen molar-refractivity contribution < 1.29 is 14.6 Å². The summed E-state index contributed by atoms with van der Waals surface area (Å²) < 4.78 is 5.26. The van der Waals surface area contributed by atoms with E-state index in [1.165, 1.54) is 77.0 Å². The molecule has 0 bridgehead atoms. The highest BCUT2D eigenvalue weighted by Gasteiger charge is 2.26. The summed E-state index contributed by atoms with van der Waals surface area (Å²) in [6.45, 7) is 2.27. The summed E-state index contributed by atoms with van der Waals surface area (Å²) >= 11 is 0. The Kier molecular flexibility index (Phi) is 12.3. The molecule has 0 aromatic heterocycles. The Bertz CT molecular complexity index is 291. The molecule has 1 heterocycles. The van der Waals surface area contributed by atoms with E-state index in [0.717, 1.165) is 12.8 Å². The highest BCUT2D eigenvalue weighted by molar-refractivity contribution is 5.70. The monoisotopic (exact) mass is 326 g/mol. The number of rotatable bonds is 14. The molecule has 23 heavy (non-hydrogen) atoms. The molecule has 1 aliphatic heterocycles. The lowest BCUT2D eigenvalue weighted by Crippen LogP contribution is -2.32. The van der Waals surface area contributed by atoms with E-state index in [1.54, 1.807) is 0 Å². The predicted octanol–water partition coefficient (Wildman–Crippen LogP) is 5.53. The van der Waals surface area contributed by atoms with Crippen LogP contribution in [0.15, 0.2) is 0 Å². The number of hydrogen-bond acceptors (Lipinski definition) is 3. The van der Waals surface area contributed by atoms with Crippen molar-refractivity contribution in [3.05, 3.63) is 0 Å². The number of cyclic esters (lactones) is 1. The molecular formula is C20H38O3. The lowest BCUT2D eigenvalue weighted by Gasteiger charge is -2.25. The topological polar surface area (TPSA) is 46.5 Å². The Balaban J connectivity index is 1.79. The third-order valence-electron chi connectivity index (χ3n) is 4.87. The molecule has 0 radical (unpaired) electrons. The van der Waals surface area contributed by atoms with Gasteiger partial charge in [0.25, 0.3) is 0 Å². The van der Waals surface area contributed by atoms with E-state index in [9.17, 15) is 9.90 Å². The maximum Gasteiger partial charge on any atom is 0.308 e. The van der Waals surface area contributed by atoms with E-state index >= 15 is 0 Å². The van der Waals surface area contributed by atoms with Gasteiger partial charge in [-0.05, 0) is 12.8 Å². The Labute approximate surface area is 143 Å². The average molecular weight is 327 g/mol. The second kappa shape index (κ2) is 13.8. The minimum atomic E-state index is -0.483. The molecule has 1 fully saturated rings. The lowest BCUT2D eigenvalue weighted by atomic mass is 9.99. The van der Waals surface area contributed by atoms with Crippen LogP contribution < -0.4 is 0 Å². The van der Waals surface area contributed by atoms with Crippen LogP contribution in [0.1, 0.15) is 110 Å². The van der Waals surface area contributed by atoms with Gasteiger partial charge in [-0.3, -0.25) is 4.79 Å². The van der Waals surface area contributed by atoms with Gasteiger partial charge in [-0.25, -0.2) is 0 Å². The van der Waals surface area contributed by atoms with Crippen molar-refractivity contribution in [2.24, 2.45) is 0 Å². The number of carbonyl (C=O) groups is 1. The first-order valence-electron chi connectivity index (χ1n) is 10.1. The molecule has 0 saturated carbocycles. The van der Waals surface area contributed by atoms with Crippen molar-refractivity contribution in [3.8, 4) is 0 Å². The molecule has 0 amide bonds. The molecule has 0 aromatic carbocycles. The third-order valence-corrected chi connectivity index (χ3v) is 4.87. The first-order chi connectivity index (χ1) is 11.2. The van der Waals surface area contributed by atoms with Gasteiger partial charge in [-0.15, -0.1) is 0 Å². The summed E-state index contributed by atoms with van der Waals surface area (Å²) in [6.07, 6.45) is 18.7. The van der Waals surface area contributed by atoms with Gasteiger partial charge >= 0.3 is 5.97 Å². The van der Waals surface area contributed by atoms with Crippen molar-refractivity contribution in [3.63, 3.8) is 0 Å². The van der Waals surface area contributed by atoms with Crippen LogP contribution in [0.3, 0.4) is 0 Å². The van der Waals surface area contributed by atoms with E-state index in [-0.39, 0.29) is 18.5 Å². The fourth-order valence-corrected chi connectivity index (χ4v) is 3.43. The van der Waals surface area contributed by atoms with Crippen LogP contribution in [0.5, 0.6) is 0 Å². The fourth-order valence-electron chi connectivity index (χ4n) is 3.43. The van der Waals surface area contributed by atoms with Crippen LogP contribution in [-0.2, 0) is 9.53 Å². The molecule has 0 aliphatic carbocycles. The Morgan fingerprint density at radius 2 is 1.35 bits per heavy atom. The number of carbonyl (C=O) groups excluding carboxylic acids is 1. The summed E-state index contributed by atoms with van der Waals surface area (Å²) in [5.41, 5.74) is 0. The Hall–Kier alpha value is -0.570. The largest absolute Gasteiger partial charge is 0.462 e. The molecule has 136 valence electrons. The van der Waals surface area contributed by atoms with Gasteiger partial charge in [0.05, 0.1) is 12.5 Å². The van der Waals surface area contributed by atoms with Crippen LogP contribution in [0.4, 0.5) is 0 Å². The average Bonchev–Trinajstić information content (AvgIpc) is 2.51. The van der Waals surface area contributed by atoms with E-state index in [2.05, 4.69) is 6.92 Å². The van der Waals surface area contributed by atoms with Crippen molar-refractivity contribution in [1.82, 2.24) is 0 Å². The van der Waals surface area contributed by atoms with Crippen molar-refractivity contribution in [2.45, 2.75) is 122 Å². The van der Waals surface area contributed by atoms with Crippen LogP contribution >= 0.6 is 0 Å². The summed E-state index contributed by atoms with van der Waals surface area (Å²) in [7, 11) is 0. The lowest BCUT2D eigenvalue weighted by molar-refractivity contribution is -0.160. The van der Waals surface area contributed by atoms with E-state index in [0.29, 0.717) is 6.42 Å². The van der Waals surface area contributed by atoms with Crippen molar-refractivity contribution in [1.29, 1.82) is 0 Å². The quantitative estimate of drug-likeness (QED) is 0.337. The van der Waals surface area contributed by atoms with Gasteiger partial charge in [0.15, 0.2) is 0 Å². The first kappa shape index (κ1) is 20.5. The van der Waals surface area contributed by atoms with Crippen LogP contribution in [0.2, 0.25) is 0 Å². The van der Waals surface area contributed by atoms with Gasteiger partial charge in [0, 0.05) is 6.42 Å². The van der Waals surface area contributed by atoms with E-state index in [1.807, 2.05) is 0 Å². The summed E-state index contributed by atoms with van der Waals surface area (Å²) in [5.74, 6) is -0.233. The van der Waals surface area contributed by atoms with Crippen LogP contribution in [-0.4, -0.2) is 23.3 Å². The number of unbranched alkanes of at least 4 members (excludes halogenated alkanes) is 12. The molecular weight excluding hydrogens is 288 g/mol. The summed E-state index contributed by atoms with van der Waals surface area (Å²) in [5, 5.41) is 9.55. The van der Waals surface area contributed by atoms with Crippen molar-refractivity contribution in [2.75, 3.05) is 0 Å². The standard InChI is InChI=1S/C20H38O3/c1-2-3-4-5-6-7-8-9-10-11-12-13-14-15-19-16-18(21)17-20(22)23-19/h18-19,21H,2-17H2,1H3/t18-,19+/m1/s1. The number of hydrogen-bond donors (Lipinski definition) is 1. The predicted molar refractivity (Wildman–Crippen MR) is 95.4 cm³/mol. The molecule has 0 aromatic rings. The maximum atomic E-state index is 11.2. The fraction of sp³-hybridized carbons (Fsp3) is 0.950.